The number of nitrogens with one attached hydrogen (secondary N) is 1. The van der Waals surface area contributed by atoms with Gasteiger partial charge in [-0.15, -0.1) is 24.5 Å². The molecule has 2 rings (SSSR count). The van der Waals surface area contributed by atoms with Gasteiger partial charge in [-0.1, -0.05) is 13.8 Å². The maximum absolute atomic E-state index is 12.0. The van der Waals surface area contributed by atoms with E-state index in [1.807, 2.05) is 19.2 Å². The molecule has 0 spiro atoms. The van der Waals surface area contributed by atoms with Crippen LogP contribution in [0.1, 0.15) is 35.8 Å². The van der Waals surface area contributed by atoms with Crippen molar-refractivity contribution in [3.8, 4) is 5.75 Å². The van der Waals surface area contributed by atoms with E-state index >= 15 is 0 Å². The van der Waals surface area contributed by atoms with E-state index < -0.39 is 12.3 Å². The van der Waals surface area contributed by atoms with Gasteiger partial charge in [-0.05, 0) is 30.2 Å². The molecule has 22 heavy (non-hydrogen) atoms. The average molecular weight is 330 g/mol. The molecule has 1 heterocycles. The summed E-state index contributed by atoms with van der Waals surface area (Å²) < 4.78 is 39.9. The third-order valence-electron chi connectivity index (χ3n) is 2.68. The van der Waals surface area contributed by atoms with Gasteiger partial charge in [0.25, 0.3) is 5.91 Å². The first kappa shape index (κ1) is 16.3. The number of ether oxygens (including phenoxy) is 1. The molecule has 0 aliphatic heterocycles. The number of carbonyl (C=O) groups excluding carboxylic acids is 1. The average Bonchev–Trinajstić information content (AvgIpc) is 2.86. The van der Waals surface area contributed by atoms with Crippen molar-refractivity contribution in [1.29, 1.82) is 0 Å². The lowest BCUT2D eigenvalue weighted by molar-refractivity contribution is -0.274. The Balaban J connectivity index is 2.03. The van der Waals surface area contributed by atoms with Crippen molar-refractivity contribution < 1.29 is 22.7 Å². The smallest absolute Gasteiger partial charge is 0.406 e. The van der Waals surface area contributed by atoms with Gasteiger partial charge < -0.3 is 4.74 Å². The number of benzene rings is 1. The van der Waals surface area contributed by atoms with E-state index in [0.29, 0.717) is 5.13 Å². The highest BCUT2D eigenvalue weighted by atomic mass is 32.1. The Morgan fingerprint density at radius 1 is 1.27 bits per heavy atom. The van der Waals surface area contributed by atoms with Crippen molar-refractivity contribution in [2.24, 2.45) is 0 Å². The van der Waals surface area contributed by atoms with Crippen molar-refractivity contribution in [3.63, 3.8) is 0 Å². The van der Waals surface area contributed by atoms with Crippen LogP contribution in [0.4, 0.5) is 18.3 Å². The summed E-state index contributed by atoms with van der Waals surface area (Å²) in [5.41, 5.74) is 1.09. The topological polar surface area (TPSA) is 51.2 Å². The molecule has 1 aromatic heterocycles. The maximum Gasteiger partial charge on any atom is 0.573 e. The van der Waals surface area contributed by atoms with Crippen molar-refractivity contribution >= 4 is 22.4 Å². The molecule has 1 N–H and O–H groups in total. The van der Waals surface area contributed by atoms with Gasteiger partial charge in [0.15, 0.2) is 5.13 Å². The Kier molecular flexibility index (Phi) is 4.70. The van der Waals surface area contributed by atoms with Gasteiger partial charge in [-0.2, -0.15) is 0 Å². The largest absolute Gasteiger partial charge is 0.573 e. The first-order chi connectivity index (χ1) is 10.2. The van der Waals surface area contributed by atoms with Gasteiger partial charge in [0.05, 0.1) is 5.69 Å². The molecular formula is C14H13F3N2O2S. The molecule has 4 nitrogen and oxygen atoms in total. The van der Waals surface area contributed by atoms with Crippen molar-refractivity contribution in [1.82, 2.24) is 4.98 Å². The monoisotopic (exact) mass is 330 g/mol. The zero-order chi connectivity index (χ0) is 16.3. The van der Waals surface area contributed by atoms with E-state index in [0.717, 1.165) is 17.8 Å². The Bertz CT molecular complexity index is 651. The molecule has 0 saturated heterocycles. The van der Waals surface area contributed by atoms with Crippen molar-refractivity contribution in [3.05, 3.63) is 40.9 Å². The normalized spacial score (nSPS) is 11.5. The zero-order valence-corrected chi connectivity index (χ0v) is 12.6. The quantitative estimate of drug-likeness (QED) is 0.903. The third-order valence-corrected chi connectivity index (χ3v) is 3.46. The number of hydrogen-bond donors (Lipinski definition) is 1. The lowest BCUT2D eigenvalue weighted by Gasteiger charge is -2.09. The van der Waals surface area contributed by atoms with Crippen LogP contribution in [0.2, 0.25) is 0 Å². The van der Waals surface area contributed by atoms with Crippen LogP contribution in [-0.4, -0.2) is 17.3 Å². The van der Waals surface area contributed by atoms with Gasteiger partial charge in [0.1, 0.15) is 5.75 Å². The van der Waals surface area contributed by atoms with E-state index in [2.05, 4.69) is 15.0 Å². The van der Waals surface area contributed by atoms with Gasteiger partial charge in [-0.3, -0.25) is 10.1 Å². The van der Waals surface area contributed by atoms with Gasteiger partial charge >= 0.3 is 6.36 Å². The van der Waals surface area contributed by atoms with Gasteiger partial charge in [0, 0.05) is 10.9 Å². The van der Waals surface area contributed by atoms with Crippen LogP contribution in [0, 0.1) is 0 Å². The number of nitrogens with zero attached hydrogens (tertiary/aromatic N) is 1. The van der Waals surface area contributed by atoms with E-state index in [1.54, 1.807) is 0 Å². The predicted molar refractivity (Wildman–Crippen MR) is 77.3 cm³/mol. The number of rotatable bonds is 4. The first-order valence-corrected chi connectivity index (χ1v) is 7.25. The summed E-state index contributed by atoms with van der Waals surface area (Å²) in [6.07, 6.45) is -4.75. The van der Waals surface area contributed by atoms with Crippen molar-refractivity contribution in [2.45, 2.75) is 26.1 Å². The van der Waals surface area contributed by atoms with Crippen LogP contribution in [0.3, 0.4) is 0 Å². The molecule has 0 saturated carbocycles. The minimum atomic E-state index is -4.75. The summed E-state index contributed by atoms with van der Waals surface area (Å²) in [4.78, 5) is 16.2. The summed E-state index contributed by atoms with van der Waals surface area (Å²) in [6, 6.07) is 4.69. The Morgan fingerprint density at radius 3 is 2.41 bits per heavy atom. The highest BCUT2D eigenvalue weighted by Crippen LogP contribution is 2.24. The van der Waals surface area contributed by atoms with E-state index in [-0.39, 0.29) is 17.2 Å². The lowest BCUT2D eigenvalue weighted by atomic mass is 10.2. The van der Waals surface area contributed by atoms with Gasteiger partial charge in [0.2, 0.25) is 0 Å². The SMILES string of the molecule is CC(C)c1csc(NC(=O)c2ccc(OC(F)(F)F)cc2)n1. The second kappa shape index (κ2) is 6.35. The fourth-order valence-electron chi connectivity index (χ4n) is 1.59. The molecule has 0 bridgehead atoms. The predicted octanol–water partition coefficient (Wildman–Crippen LogP) is 4.42. The van der Waals surface area contributed by atoms with E-state index in [1.165, 1.54) is 23.5 Å². The summed E-state index contributed by atoms with van der Waals surface area (Å²) in [5, 5.41) is 4.90. The second-order valence-electron chi connectivity index (χ2n) is 4.76. The minimum Gasteiger partial charge on any atom is -0.406 e. The molecule has 1 aromatic carbocycles. The molecule has 0 aliphatic rings. The summed E-state index contributed by atoms with van der Waals surface area (Å²) in [6.45, 7) is 3.97. The Hall–Kier alpha value is -2.09. The Labute approximate surface area is 128 Å². The highest BCUT2D eigenvalue weighted by molar-refractivity contribution is 7.14. The molecule has 118 valence electrons. The number of anilines is 1. The number of carbonyl (C=O) groups is 1. The number of halogens is 3. The fourth-order valence-corrected chi connectivity index (χ4v) is 2.45. The number of thiazole rings is 1. The highest BCUT2D eigenvalue weighted by Gasteiger charge is 2.31. The Morgan fingerprint density at radius 2 is 1.91 bits per heavy atom. The van der Waals surface area contributed by atoms with Crippen molar-refractivity contribution in [2.75, 3.05) is 5.32 Å². The summed E-state index contributed by atoms with van der Waals surface area (Å²) in [5.74, 6) is -0.565. The first-order valence-electron chi connectivity index (χ1n) is 6.37. The molecule has 1 amide bonds. The number of amides is 1. The van der Waals surface area contributed by atoms with Crippen LogP contribution >= 0.6 is 11.3 Å². The zero-order valence-electron chi connectivity index (χ0n) is 11.8. The molecule has 0 aliphatic carbocycles. The van der Waals surface area contributed by atoms with E-state index in [4.69, 9.17) is 0 Å². The van der Waals surface area contributed by atoms with Gasteiger partial charge in [-0.25, -0.2) is 4.98 Å². The molecule has 8 heteroatoms. The lowest BCUT2D eigenvalue weighted by Crippen LogP contribution is -2.17. The molecule has 0 atom stereocenters. The van der Waals surface area contributed by atoms with Crippen LogP contribution in [0.25, 0.3) is 0 Å². The fraction of sp³-hybridized carbons (Fsp3) is 0.286. The minimum absolute atomic E-state index is 0.218. The second-order valence-corrected chi connectivity index (χ2v) is 5.62. The van der Waals surface area contributed by atoms with Crippen LogP contribution in [-0.2, 0) is 0 Å². The summed E-state index contributed by atoms with van der Waals surface area (Å²) in [7, 11) is 0. The molecule has 0 unspecified atom stereocenters. The standard InChI is InChI=1S/C14H13F3N2O2S/c1-8(2)11-7-22-13(18-11)19-12(20)9-3-5-10(6-4-9)21-14(15,16)17/h3-8H,1-2H3,(H,18,19,20). The van der Waals surface area contributed by atoms with Crippen LogP contribution in [0.5, 0.6) is 5.75 Å². The number of alkyl halides is 3. The van der Waals surface area contributed by atoms with Crippen LogP contribution < -0.4 is 10.1 Å². The summed E-state index contributed by atoms with van der Waals surface area (Å²) >= 11 is 1.30. The molecule has 0 radical (unpaired) electrons. The number of hydrogen-bond acceptors (Lipinski definition) is 4. The molecular weight excluding hydrogens is 317 g/mol. The number of aromatic nitrogens is 1. The molecule has 2 aromatic rings. The third kappa shape index (κ3) is 4.45. The van der Waals surface area contributed by atoms with Crippen LogP contribution in [0.15, 0.2) is 29.6 Å². The maximum atomic E-state index is 12.0. The molecule has 0 fully saturated rings. The van der Waals surface area contributed by atoms with E-state index in [9.17, 15) is 18.0 Å².